The van der Waals surface area contributed by atoms with Gasteiger partial charge in [-0.15, -0.1) is 20.5 Å². The van der Waals surface area contributed by atoms with Crippen LogP contribution < -0.4 is 11.5 Å². The van der Waals surface area contributed by atoms with Crippen molar-refractivity contribution in [2.45, 2.75) is 4.90 Å². The highest BCUT2D eigenvalue weighted by molar-refractivity contribution is 7.86. The Morgan fingerprint density at radius 3 is 1.64 bits per heavy atom. The van der Waals surface area contributed by atoms with E-state index in [2.05, 4.69) is 20.5 Å². The summed E-state index contributed by atoms with van der Waals surface area (Å²) in [6, 6.07) is 7.74. The summed E-state index contributed by atoms with van der Waals surface area (Å²) in [4.78, 5) is 20.1. The third-order valence-corrected chi connectivity index (χ3v) is 5.75. The summed E-state index contributed by atoms with van der Waals surface area (Å²) in [5.41, 5.74) is 8.25. The second kappa shape index (κ2) is 10.2. The predicted molar refractivity (Wildman–Crippen MR) is 130 cm³/mol. The number of benzene rings is 3. The van der Waals surface area contributed by atoms with Crippen LogP contribution in [-0.2, 0) is 10.1 Å². The van der Waals surface area contributed by atoms with Gasteiger partial charge in [-0.3, -0.25) is 24.8 Å². The van der Waals surface area contributed by atoms with Gasteiger partial charge in [0.05, 0.1) is 21.2 Å². The molecule has 3 rings (SSSR count). The summed E-state index contributed by atoms with van der Waals surface area (Å²) in [5.74, 6) is 0. The molecule has 3 aromatic rings. The molecule has 0 heterocycles. The van der Waals surface area contributed by atoms with Gasteiger partial charge in [0.15, 0.2) is 11.4 Å². The molecular formula is C18H12Cl2N8O7S. The monoisotopic (exact) mass is 554 g/mol. The minimum absolute atomic E-state index is 0.0482. The quantitative estimate of drug-likeness (QED) is 0.101. The van der Waals surface area contributed by atoms with Gasteiger partial charge in [0.2, 0.25) is 0 Å². The van der Waals surface area contributed by atoms with Crippen LogP contribution in [0.2, 0.25) is 10.0 Å². The summed E-state index contributed by atoms with van der Waals surface area (Å²) in [5, 5.41) is 37.5. The Morgan fingerprint density at radius 1 is 0.750 bits per heavy atom. The van der Waals surface area contributed by atoms with Gasteiger partial charge < -0.3 is 11.5 Å². The number of hydrogen-bond donors (Lipinski definition) is 3. The largest absolute Gasteiger partial charge is 0.396 e. The smallest absolute Gasteiger partial charge is 0.298 e. The predicted octanol–water partition coefficient (Wildman–Crippen LogP) is 6.05. The average molecular weight is 555 g/mol. The number of nitro benzene ring substituents is 2. The Hall–Kier alpha value is -4.25. The lowest BCUT2D eigenvalue weighted by Gasteiger charge is -2.10. The minimum atomic E-state index is -4.95. The van der Waals surface area contributed by atoms with Crippen LogP contribution in [0, 0.1) is 20.2 Å². The first kappa shape index (κ1) is 26.4. The lowest BCUT2D eigenvalue weighted by Crippen LogP contribution is -2.05. The van der Waals surface area contributed by atoms with Crippen LogP contribution in [-0.4, -0.2) is 22.8 Å². The molecule has 0 spiro atoms. The van der Waals surface area contributed by atoms with E-state index >= 15 is 0 Å². The first-order valence-electron chi connectivity index (χ1n) is 9.20. The van der Waals surface area contributed by atoms with E-state index < -0.39 is 59.0 Å². The number of azo groups is 2. The van der Waals surface area contributed by atoms with Crippen molar-refractivity contribution in [1.29, 1.82) is 0 Å². The normalized spacial score (nSPS) is 11.9. The maximum Gasteiger partial charge on any atom is 0.298 e. The molecule has 36 heavy (non-hydrogen) atoms. The number of anilines is 2. The number of hydrogen-bond acceptors (Lipinski definition) is 12. The summed E-state index contributed by atoms with van der Waals surface area (Å²) < 4.78 is 33.3. The fourth-order valence-electron chi connectivity index (χ4n) is 2.73. The number of halogens is 2. The molecule has 0 bridgehead atoms. The number of nitrogens with two attached hydrogens (primary N) is 2. The molecule has 15 nitrogen and oxygen atoms in total. The molecule has 0 aromatic heterocycles. The summed E-state index contributed by atoms with van der Waals surface area (Å²) in [7, 11) is -4.95. The van der Waals surface area contributed by atoms with Crippen molar-refractivity contribution in [2.75, 3.05) is 11.5 Å². The van der Waals surface area contributed by atoms with Gasteiger partial charge in [-0.1, -0.05) is 23.2 Å². The fraction of sp³-hybridized carbons (Fsp3) is 0. The van der Waals surface area contributed by atoms with E-state index in [-0.39, 0.29) is 21.4 Å². The standard InChI is InChI=1S/C18H12Cl2N8O7S/c19-8-1-3-10(13(5-8)27(29)30)23-25-12-7-15(36(33,34)35)17(22)18(16(12)21)26-24-11-4-2-9(20)6-14(11)28(31)32/h1-7H,21-22H2,(H,33,34,35)/b25-23+,26-24+. The Morgan fingerprint density at radius 2 is 1.19 bits per heavy atom. The second-order valence-corrected chi connectivity index (χ2v) is 8.99. The van der Waals surface area contributed by atoms with E-state index in [1.807, 2.05) is 0 Å². The zero-order valence-corrected chi connectivity index (χ0v) is 19.8. The molecule has 186 valence electrons. The molecule has 0 saturated carbocycles. The van der Waals surface area contributed by atoms with Gasteiger partial charge in [-0.2, -0.15) is 8.42 Å². The van der Waals surface area contributed by atoms with Crippen LogP contribution in [0.4, 0.5) is 45.5 Å². The van der Waals surface area contributed by atoms with Crippen molar-refractivity contribution in [3.8, 4) is 0 Å². The Labute approximate surface area is 211 Å². The van der Waals surface area contributed by atoms with Crippen LogP contribution in [0.5, 0.6) is 0 Å². The van der Waals surface area contributed by atoms with Gasteiger partial charge in [0.25, 0.3) is 21.5 Å². The van der Waals surface area contributed by atoms with E-state index in [0.717, 1.165) is 18.2 Å². The molecular weight excluding hydrogens is 543 g/mol. The van der Waals surface area contributed by atoms with Crippen molar-refractivity contribution < 1.29 is 22.8 Å². The first-order chi connectivity index (χ1) is 16.8. The summed E-state index contributed by atoms with van der Waals surface area (Å²) in [6.07, 6.45) is 0. The summed E-state index contributed by atoms with van der Waals surface area (Å²) in [6.45, 7) is 0. The Kier molecular flexibility index (Phi) is 7.44. The van der Waals surface area contributed by atoms with Crippen molar-refractivity contribution in [3.63, 3.8) is 0 Å². The molecule has 0 radical (unpaired) electrons. The molecule has 0 aliphatic rings. The highest BCUT2D eigenvalue weighted by Crippen LogP contribution is 2.44. The van der Waals surface area contributed by atoms with Gasteiger partial charge in [0, 0.05) is 22.2 Å². The molecule has 0 aliphatic heterocycles. The molecule has 0 atom stereocenters. The molecule has 18 heteroatoms. The molecule has 3 aromatic carbocycles. The van der Waals surface area contributed by atoms with E-state index in [4.69, 9.17) is 34.7 Å². The summed E-state index contributed by atoms with van der Waals surface area (Å²) >= 11 is 11.5. The SMILES string of the molecule is Nc1c(/N=N/c2ccc(Cl)cc2[N+](=O)[O-])cc(S(=O)(=O)O)c(N)c1/N=N/c1ccc(Cl)cc1[N+](=O)[O-]. The lowest BCUT2D eigenvalue weighted by atomic mass is 10.2. The Bertz CT molecular complexity index is 1580. The fourth-order valence-corrected chi connectivity index (χ4v) is 3.70. The van der Waals surface area contributed by atoms with E-state index in [1.54, 1.807) is 0 Å². The van der Waals surface area contributed by atoms with Crippen LogP contribution in [0.15, 0.2) is 67.8 Å². The van der Waals surface area contributed by atoms with E-state index in [9.17, 15) is 33.2 Å². The molecule has 0 amide bonds. The topological polar surface area (TPSA) is 242 Å². The maximum atomic E-state index is 11.9. The average Bonchev–Trinajstić information content (AvgIpc) is 2.78. The number of rotatable bonds is 7. The van der Waals surface area contributed by atoms with Crippen molar-refractivity contribution in [1.82, 2.24) is 0 Å². The molecule has 0 unspecified atom stereocenters. The van der Waals surface area contributed by atoms with Crippen LogP contribution in [0.25, 0.3) is 0 Å². The number of nitro groups is 2. The lowest BCUT2D eigenvalue weighted by molar-refractivity contribution is -0.384. The van der Waals surface area contributed by atoms with E-state index in [1.165, 1.54) is 24.3 Å². The minimum Gasteiger partial charge on any atom is -0.396 e. The highest BCUT2D eigenvalue weighted by atomic mass is 35.5. The van der Waals surface area contributed by atoms with Gasteiger partial charge in [-0.25, -0.2) is 0 Å². The maximum absolute atomic E-state index is 11.9. The van der Waals surface area contributed by atoms with Crippen LogP contribution in [0.3, 0.4) is 0 Å². The Balaban J connectivity index is 2.19. The second-order valence-electron chi connectivity index (χ2n) is 6.73. The third-order valence-electron chi connectivity index (χ3n) is 4.39. The zero-order chi connectivity index (χ0) is 26.8. The number of nitrogens with zero attached hydrogens (tertiary/aromatic N) is 6. The molecule has 0 fully saturated rings. The number of nitrogen functional groups attached to an aromatic ring is 2. The van der Waals surface area contributed by atoms with Crippen LogP contribution in [0.1, 0.15) is 0 Å². The van der Waals surface area contributed by atoms with Crippen molar-refractivity contribution >= 4 is 78.8 Å². The van der Waals surface area contributed by atoms with E-state index in [0.29, 0.717) is 0 Å². The highest BCUT2D eigenvalue weighted by Gasteiger charge is 2.23. The third kappa shape index (κ3) is 5.69. The van der Waals surface area contributed by atoms with Gasteiger partial charge in [-0.05, 0) is 30.3 Å². The molecule has 0 saturated heterocycles. The van der Waals surface area contributed by atoms with Crippen LogP contribution >= 0.6 is 23.2 Å². The molecule has 5 N–H and O–H groups in total. The van der Waals surface area contributed by atoms with Gasteiger partial charge in [0.1, 0.15) is 16.3 Å². The first-order valence-corrected chi connectivity index (χ1v) is 11.4. The molecule has 0 aliphatic carbocycles. The zero-order valence-electron chi connectivity index (χ0n) is 17.4. The van der Waals surface area contributed by atoms with Crippen molar-refractivity contribution in [3.05, 3.63) is 72.7 Å². The van der Waals surface area contributed by atoms with Crippen molar-refractivity contribution in [2.24, 2.45) is 20.5 Å². The van der Waals surface area contributed by atoms with Gasteiger partial charge >= 0.3 is 0 Å².